The topological polar surface area (TPSA) is 86.6 Å². The van der Waals surface area contributed by atoms with E-state index in [1.165, 1.54) is 12.1 Å². The first-order chi connectivity index (χ1) is 11.1. The largest absolute Gasteiger partial charge is 0.508 e. The summed E-state index contributed by atoms with van der Waals surface area (Å²) in [5, 5.41) is 21.3. The zero-order valence-electron chi connectivity index (χ0n) is 13.1. The first-order valence-electron chi connectivity index (χ1n) is 8.04. The van der Waals surface area contributed by atoms with E-state index in [0.29, 0.717) is 0 Å². The van der Waals surface area contributed by atoms with Gasteiger partial charge in [0, 0.05) is 6.42 Å². The number of hydrogen-bond donors (Lipinski definition) is 3. The SMILES string of the molecule is O=C(NC(Cc1ccc(O)cc1)C(=O)O)C1C=CCCCCC1. The van der Waals surface area contributed by atoms with E-state index in [9.17, 15) is 19.8 Å². The summed E-state index contributed by atoms with van der Waals surface area (Å²) in [6.07, 6.45) is 9.06. The highest BCUT2D eigenvalue weighted by Gasteiger charge is 2.24. The predicted molar refractivity (Wildman–Crippen MR) is 87.1 cm³/mol. The molecule has 0 fully saturated rings. The number of benzene rings is 1. The Morgan fingerprint density at radius 2 is 1.91 bits per heavy atom. The van der Waals surface area contributed by atoms with Gasteiger partial charge in [-0.05, 0) is 37.0 Å². The van der Waals surface area contributed by atoms with E-state index in [0.717, 1.165) is 37.7 Å². The average Bonchev–Trinajstić information content (AvgIpc) is 2.48. The van der Waals surface area contributed by atoms with E-state index in [-0.39, 0.29) is 24.0 Å². The van der Waals surface area contributed by atoms with Gasteiger partial charge >= 0.3 is 5.97 Å². The molecule has 5 nitrogen and oxygen atoms in total. The maximum absolute atomic E-state index is 12.4. The van der Waals surface area contributed by atoms with Gasteiger partial charge in [-0.3, -0.25) is 4.79 Å². The highest BCUT2D eigenvalue weighted by Crippen LogP contribution is 2.18. The Bertz CT molecular complexity index is 565. The first-order valence-corrected chi connectivity index (χ1v) is 8.04. The number of rotatable bonds is 5. The van der Waals surface area contributed by atoms with Crippen LogP contribution in [0.15, 0.2) is 36.4 Å². The molecule has 1 aliphatic carbocycles. The van der Waals surface area contributed by atoms with Crippen molar-refractivity contribution in [2.75, 3.05) is 0 Å². The molecule has 1 aromatic carbocycles. The number of phenolic OH excluding ortho intramolecular Hbond substituents is 1. The molecule has 3 N–H and O–H groups in total. The van der Waals surface area contributed by atoms with Crippen LogP contribution in [0.5, 0.6) is 5.75 Å². The van der Waals surface area contributed by atoms with E-state index in [1.807, 2.05) is 12.2 Å². The molecule has 0 spiro atoms. The smallest absolute Gasteiger partial charge is 0.326 e. The standard InChI is InChI=1S/C18H23NO4/c20-15-10-8-13(9-11-15)12-16(18(22)23)19-17(21)14-6-4-2-1-3-5-7-14/h4,6,8-11,14,16,20H,1-3,5,7,12H2,(H,19,21)(H,22,23). The fraction of sp³-hybridized carbons (Fsp3) is 0.444. The molecule has 1 aliphatic rings. The second kappa shape index (κ2) is 8.36. The van der Waals surface area contributed by atoms with E-state index in [2.05, 4.69) is 5.32 Å². The summed E-state index contributed by atoms with van der Waals surface area (Å²) in [5.74, 6) is -1.41. The van der Waals surface area contributed by atoms with Crippen LogP contribution >= 0.6 is 0 Å². The monoisotopic (exact) mass is 317 g/mol. The lowest BCUT2D eigenvalue weighted by Crippen LogP contribution is -2.44. The van der Waals surface area contributed by atoms with Crippen LogP contribution in [0.1, 0.15) is 37.7 Å². The summed E-state index contributed by atoms with van der Waals surface area (Å²) >= 11 is 0. The summed E-state index contributed by atoms with van der Waals surface area (Å²) in [6.45, 7) is 0. The Kier molecular flexibility index (Phi) is 6.20. The van der Waals surface area contributed by atoms with Gasteiger partial charge in [-0.1, -0.05) is 37.1 Å². The molecule has 0 radical (unpaired) electrons. The number of carboxylic acid groups (broad SMARTS) is 1. The van der Waals surface area contributed by atoms with Gasteiger partial charge in [0.1, 0.15) is 11.8 Å². The van der Waals surface area contributed by atoms with Gasteiger partial charge in [0.2, 0.25) is 5.91 Å². The Morgan fingerprint density at radius 3 is 2.61 bits per heavy atom. The fourth-order valence-electron chi connectivity index (χ4n) is 2.72. The summed E-state index contributed by atoms with van der Waals surface area (Å²) in [5.41, 5.74) is 0.753. The van der Waals surface area contributed by atoms with Crippen LogP contribution in [0.4, 0.5) is 0 Å². The number of nitrogens with one attached hydrogen (secondary N) is 1. The lowest BCUT2D eigenvalue weighted by Gasteiger charge is -2.19. The molecule has 23 heavy (non-hydrogen) atoms. The number of aliphatic carboxylic acids is 1. The number of hydrogen-bond acceptors (Lipinski definition) is 3. The maximum atomic E-state index is 12.4. The molecule has 5 heteroatoms. The van der Waals surface area contributed by atoms with Gasteiger partial charge in [-0.25, -0.2) is 4.79 Å². The zero-order valence-corrected chi connectivity index (χ0v) is 13.1. The summed E-state index contributed by atoms with van der Waals surface area (Å²) in [6, 6.07) is 5.37. The summed E-state index contributed by atoms with van der Waals surface area (Å²) in [7, 11) is 0. The van der Waals surface area contributed by atoms with Crippen LogP contribution in [-0.2, 0) is 16.0 Å². The molecule has 2 atom stereocenters. The highest BCUT2D eigenvalue weighted by atomic mass is 16.4. The molecule has 0 bridgehead atoms. The minimum absolute atomic E-state index is 0.129. The first kappa shape index (κ1) is 17.1. The van der Waals surface area contributed by atoms with Crippen molar-refractivity contribution in [2.24, 2.45) is 5.92 Å². The number of amides is 1. The summed E-state index contributed by atoms with van der Waals surface area (Å²) < 4.78 is 0. The molecule has 0 saturated carbocycles. The molecule has 2 unspecified atom stereocenters. The number of carbonyl (C=O) groups is 2. The Balaban J connectivity index is 2.00. The second-order valence-corrected chi connectivity index (χ2v) is 5.94. The van der Waals surface area contributed by atoms with Crippen LogP contribution in [0.3, 0.4) is 0 Å². The normalized spacial score (nSPS) is 19.4. The van der Waals surface area contributed by atoms with Crippen LogP contribution in [-0.4, -0.2) is 28.1 Å². The minimum Gasteiger partial charge on any atom is -0.508 e. The Labute approximate surface area is 136 Å². The van der Waals surface area contributed by atoms with Gasteiger partial charge in [0.25, 0.3) is 0 Å². The lowest BCUT2D eigenvalue weighted by atomic mass is 9.95. The van der Waals surface area contributed by atoms with Crippen molar-refractivity contribution in [2.45, 2.75) is 44.6 Å². The fourth-order valence-corrected chi connectivity index (χ4v) is 2.72. The third-order valence-electron chi connectivity index (χ3n) is 4.08. The zero-order chi connectivity index (χ0) is 16.7. The van der Waals surface area contributed by atoms with Crippen molar-refractivity contribution in [3.05, 3.63) is 42.0 Å². The third-order valence-corrected chi connectivity index (χ3v) is 4.08. The number of phenols is 1. The Morgan fingerprint density at radius 1 is 1.17 bits per heavy atom. The molecule has 124 valence electrons. The number of carboxylic acids is 1. The van der Waals surface area contributed by atoms with Gasteiger partial charge in [-0.2, -0.15) is 0 Å². The molecule has 0 aliphatic heterocycles. The number of allylic oxidation sites excluding steroid dienone is 1. The molecule has 0 aromatic heterocycles. The van der Waals surface area contributed by atoms with Crippen LogP contribution in [0, 0.1) is 5.92 Å². The van der Waals surface area contributed by atoms with E-state index in [4.69, 9.17) is 0 Å². The van der Waals surface area contributed by atoms with Gasteiger partial charge < -0.3 is 15.5 Å². The maximum Gasteiger partial charge on any atom is 0.326 e. The summed E-state index contributed by atoms with van der Waals surface area (Å²) in [4.78, 5) is 23.8. The predicted octanol–water partition coefficient (Wildman–Crippen LogP) is 2.64. The molecular formula is C18H23NO4. The molecule has 1 aromatic rings. The van der Waals surface area contributed by atoms with Crippen LogP contribution in [0.2, 0.25) is 0 Å². The van der Waals surface area contributed by atoms with Crippen molar-refractivity contribution in [3.63, 3.8) is 0 Å². The lowest BCUT2D eigenvalue weighted by molar-refractivity contribution is -0.142. The second-order valence-electron chi connectivity index (χ2n) is 5.94. The number of carbonyl (C=O) groups excluding carboxylic acids is 1. The van der Waals surface area contributed by atoms with E-state index >= 15 is 0 Å². The van der Waals surface area contributed by atoms with Gasteiger partial charge in [-0.15, -0.1) is 0 Å². The van der Waals surface area contributed by atoms with Crippen molar-refractivity contribution in [1.82, 2.24) is 5.32 Å². The number of aromatic hydroxyl groups is 1. The molecule has 2 rings (SSSR count). The van der Waals surface area contributed by atoms with E-state index < -0.39 is 12.0 Å². The minimum atomic E-state index is -1.05. The molecule has 0 saturated heterocycles. The van der Waals surface area contributed by atoms with Gasteiger partial charge in [0.15, 0.2) is 0 Å². The quantitative estimate of drug-likeness (QED) is 0.729. The van der Waals surface area contributed by atoms with Crippen molar-refractivity contribution in [1.29, 1.82) is 0 Å². The van der Waals surface area contributed by atoms with Crippen molar-refractivity contribution >= 4 is 11.9 Å². The molecule has 1 amide bonds. The Hall–Kier alpha value is -2.30. The van der Waals surface area contributed by atoms with Crippen LogP contribution in [0.25, 0.3) is 0 Å². The van der Waals surface area contributed by atoms with Crippen molar-refractivity contribution in [3.8, 4) is 5.75 Å². The van der Waals surface area contributed by atoms with Crippen molar-refractivity contribution < 1.29 is 19.8 Å². The molecular weight excluding hydrogens is 294 g/mol. The average molecular weight is 317 g/mol. The third kappa shape index (κ3) is 5.43. The van der Waals surface area contributed by atoms with Crippen LogP contribution < -0.4 is 5.32 Å². The van der Waals surface area contributed by atoms with Gasteiger partial charge in [0.05, 0.1) is 5.92 Å². The molecule has 0 heterocycles. The highest BCUT2D eigenvalue weighted by molar-refractivity contribution is 5.86. The van der Waals surface area contributed by atoms with E-state index in [1.54, 1.807) is 12.1 Å².